The van der Waals surface area contributed by atoms with Crippen LogP contribution in [0.2, 0.25) is 0 Å². The van der Waals surface area contributed by atoms with Crippen molar-refractivity contribution in [1.82, 2.24) is 4.90 Å². The third-order valence-corrected chi connectivity index (χ3v) is 2.95. The standard InChI is InChI=1S/C11H21NO/c1-5-10-9(3)12(4)7-8-13-11(10)6-2/h9H,5-8H2,1-4H3. The van der Waals surface area contributed by atoms with E-state index in [-0.39, 0.29) is 0 Å². The lowest BCUT2D eigenvalue weighted by Crippen LogP contribution is -2.31. The number of ether oxygens (including phenoxy) is 1. The Morgan fingerprint density at radius 2 is 2.08 bits per heavy atom. The lowest BCUT2D eigenvalue weighted by molar-refractivity contribution is 0.180. The molecule has 1 atom stereocenters. The van der Waals surface area contributed by atoms with Crippen LogP contribution in [0, 0.1) is 0 Å². The van der Waals surface area contributed by atoms with Crippen LogP contribution in [-0.2, 0) is 4.74 Å². The zero-order chi connectivity index (χ0) is 9.84. The zero-order valence-electron chi connectivity index (χ0n) is 9.26. The number of nitrogens with zero attached hydrogens (tertiary/aromatic N) is 1. The molecular weight excluding hydrogens is 162 g/mol. The van der Waals surface area contributed by atoms with Crippen molar-refractivity contribution >= 4 is 0 Å². The number of allylic oxidation sites excluding steroid dienone is 1. The van der Waals surface area contributed by atoms with Crippen molar-refractivity contribution in [1.29, 1.82) is 0 Å². The molecule has 0 saturated heterocycles. The fraction of sp³-hybridized carbons (Fsp3) is 0.818. The van der Waals surface area contributed by atoms with E-state index in [1.807, 2.05) is 0 Å². The van der Waals surface area contributed by atoms with Crippen molar-refractivity contribution in [3.8, 4) is 0 Å². The maximum Gasteiger partial charge on any atom is 0.100 e. The van der Waals surface area contributed by atoms with E-state index in [2.05, 4.69) is 32.7 Å². The fourth-order valence-corrected chi connectivity index (χ4v) is 1.92. The van der Waals surface area contributed by atoms with Gasteiger partial charge < -0.3 is 4.74 Å². The van der Waals surface area contributed by atoms with Crippen LogP contribution in [0.15, 0.2) is 11.3 Å². The van der Waals surface area contributed by atoms with Crippen LogP contribution in [0.4, 0.5) is 0 Å². The predicted molar refractivity (Wildman–Crippen MR) is 55.7 cm³/mol. The molecule has 0 saturated carbocycles. The van der Waals surface area contributed by atoms with Gasteiger partial charge >= 0.3 is 0 Å². The molecule has 1 aliphatic rings. The molecule has 0 aromatic carbocycles. The van der Waals surface area contributed by atoms with Gasteiger partial charge in [-0.3, -0.25) is 4.90 Å². The molecule has 2 nitrogen and oxygen atoms in total. The average Bonchev–Trinajstić information content (AvgIpc) is 2.27. The minimum Gasteiger partial charge on any atom is -0.497 e. The summed E-state index contributed by atoms with van der Waals surface area (Å²) in [5.41, 5.74) is 1.47. The molecule has 76 valence electrons. The molecule has 0 amide bonds. The highest BCUT2D eigenvalue weighted by Gasteiger charge is 2.20. The van der Waals surface area contributed by atoms with E-state index >= 15 is 0 Å². The summed E-state index contributed by atoms with van der Waals surface area (Å²) >= 11 is 0. The summed E-state index contributed by atoms with van der Waals surface area (Å²) in [5.74, 6) is 1.22. The van der Waals surface area contributed by atoms with Crippen molar-refractivity contribution in [3.05, 3.63) is 11.3 Å². The van der Waals surface area contributed by atoms with Crippen molar-refractivity contribution < 1.29 is 4.74 Å². The molecule has 0 aliphatic carbocycles. The average molecular weight is 183 g/mol. The Kier molecular flexibility index (Phi) is 3.79. The molecule has 0 aromatic rings. The summed E-state index contributed by atoms with van der Waals surface area (Å²) in [4.78, 5) is 2.36. The van der Waals surface area contributed by atoms with E-state index in [1.54, 1.807) is 0 Å². The minimum absolute atomic E-state index is 0.544. The quantitative estimate of drug-likeness (QED) is 0.652. The van der Waals surface area contributed by atoms with Crippen molar-refractivity contribution in [2.45, 2.75) is 39.7 Å². The SMILES string of the molecule is CCC1=C(CC)C(C)N(C)CCO1. The number of likely N-dealkylation sites (N-methyl/N-ethyl adjacent to an activating group) is 1. The van der Waals surface area contributed by atoms with Crippen LogP contribution in [0.3, 0.4) is 0 Å². The molecule has 1 rings (SSSR count). The van der Waals surface area contributed by atoms with Gasteiger partial charge in [-0.05, 0) is 26.0 Å². The summed E-state index contributed by atoms with van der Waals surface area (Å²) < 4.78 is 5.73. The van der Waals surface area contributed by atoms with E-state index in [1.165, 1.54) is 11.3 Å². The lowest BCUT2D eigenvalue weighted by Gasteiger charge is -2.23. The first-order valence-corrected chi connectivity index (χ1v) is 5.25. The van der Waals surface area contributed by atoms with Gasteiger partial charge in [-0.2, -0.15) is 0 Å². The molecule has 1 unspecified atom stereocenters. The molecule has 0 bridgehead atoms. The topological polar surface area (TPSA) is 12.5 Å². The molecule has 0 spiro atoms. The van der Waals surface area contributed by atoms with Gasteiger partial charge in [-0.1, -0.05) is 13.8 Å². The van der Waals surface area contributed by atoms with Crippen LogP contribution in [-0.4, -0.2) is 31.1 Å². The molecule has 2 heteroatoms. The largest absolute Gasteiger partial charge is 0.497 e. The third-order valence-electron chi connectivity index (χ3n) is 2.95. The van der Waals surface area contributed by atoms with E-state index in [9.17, 15) is 0 Å². The smallest absolute Gasteiger partial charge is 0.100 e. The molecule has 1 heterocycles. The van der Waals surface area contributed by atoms with Gasteiger partial charge in [0.2, 0.25) is 0 Å². The van der Waals surface area contributed by atoms with Gasteiger partial charge in [0.15, 0.2) is 0 Å². The molecule has 0 radical (unpaired) electrons. The van der Waals surface area contributed by atoms with Crippen LogP contribution in [0.1, 0.15) is 33.6 Å². The molecular formula is C11H21NO. The first-order valence-electron chi connectivity index (χ1n) is 5.25. The fourth-order valence-electron chi connectivity index (χ4n) is 1.92. The Bertz CT molecular complexity index is 198. The first-order chi connectivity index (χ1) is 6.20. The van der Waals surface area contributed by atoms with Gasteiger partial charge in [0.1, 0.15) is 6.61 Å². The Balaban J connectivity index is 2.88. The highest BCUT2D eigenvalue weighted by Crippen LogP contribution is 2.22. The van der Waals surface area contributed by atoms with Crippen LogP contribution >= 0.6 is 0 Å². The van der Waals surface area contributed by atoms with Crippen molar-refractivity contribution in [2.24, 2.45) is 0 Å². The molecule has 0 fully saturated rings. The van der Waals surface area contributed by atoms with Gasteiger partial charge in [0.05, 0.1) is 5.76 Å². The van der Waals surface area contributed by atoms with E-state index in [0.717, 1.165) is 26.0 Å². The molecule has 1 aliphatic heterocycles. The normalized spacial score (nSPS) is 25.7. The minimum atomic E-state index is 0.544. The Morgan fingerprint density at radius 3 is 2.62 bits per heavy atom. The highest BCUT2D eigenvalue weighted by atomic mass is 16.5. The predicted octanol–water partition coefficient (Wildman–Crippen LogP) is 2.41. The molecule has 0 aromatic heterocycles. The zero-order valence-corrected chi connectivity index (χ0v) is 9.26. The maximum atomic E-state index is 5.73. The Morgan fingerprint density at radius 1 is 1.38 bits per heavy atom. The van der Waals surface area contributed by atoms with E-state index in [0.29, 0.717) is 6.04 Å². The second kappa shape index (κ2) is 4.66. The number of hydrogen-bond acceptors (Lipinski definition) is 2. The van der Waals surface area contributed by atoms with Gasteiger partial charge in [-0.15, -0.1) is 0 Å². The van der Waals surface area contributed by atoms with Crippen molar-refractivity contribution in [3.63, 3.8) is 0 Å². The number of rotatable bonds is 2. The summed E-state index contributed by atoms with van der Waals surface area (Å²) in [6.45, 7) is 8.53. The maximum absolute atomic E-state index is 5.73. The Labute approximate surface area is 81.6 Å². The third kappa shape index (κ3) is 2.25. The first kappa shape index (κ1) is 10.6. The summed E-state index contributed by atoms with van der Waals surface area (Å²) in [5, 5.41) is 0. The monoisotopic (exact) mass is 183 g/mol. The lowest BCUT2D eigenvalue weighted by atomic mass is 10.0. The van der Waals surface area contributed by atoms with Crippen LogP contribution < -0.4 is 0 Å². The van der Waals surface area contributed by atoms with Gasteiger partial charge in [-0.25, -0.2) is 0 Å². The van der Waals surface area contributed by atoms with Crippen LogP contribution in [0.5, 0.6) is 0 Å². The van der Waals surface area contributed by atoms with Gasteiger partial charge in [0, 0.05) is 19.0 Å². The Hall–Kier alpha value is -0.500. The summed E-state index contributed by atoms with van der Waals surface area (Å²) in [6, 6.07) is 0.544. The van der Waals surface area contributed by atoms with Crippen LogP contribution in [0.25, 0.3) is 0 Å². The molecule has 13 heavy (non-hydrogen) atoms. The molecule has 0 N–H and O–H groups in total. The van der Waals surface area contributed by atoms with Crippen molar-refractivity contribution in [2.75, 3.05) is 20.2 Å². The second-order valence-corrected chi connectivity index (χ2v) is 3.66. The summed E-state index contributed by atoms with van der Waals surface area (Å²) in [7, 11) is 2.17. The number of hydrogen-bond donors (Lipinski definition) is 0. The second-order valence-electron chi connectivity index (χ2n) is 3.66. The van der Waals surface area contributed by atoms with E-state index < -0.39 is 0 Å². The van der Waals surface area contributed by atoms with Gasteiger partial charge in [0.25, 0.3) is 0 Å². The summed E-state index contributed by atoms with van der Waals surface area (Å²) in [6.07, 6.45) is 2.13. The highest BCUT2D eigenvalue weighted by molar-refractivity contribution is 5.15. The van der Waals surface area contributed by atoms with E-state index in [4.69, 9.17) is 4.74 Å².